The number of carbonyl (C=O) groups is 2. The van der Waals surface area contributed by atoms with Gasteiger partial charge in [-0.1, -0.05) is 23.7 Å². The smallest absolute Gasteiger partial charge is 0.238 e. The Morgan fingerprint density at radius 3 is 2.40 bits per heavy atom. The lowest BCUT2D eigenvalue weighted by Gasteiger charge is -2.35. The van der Waals surface area contributed by atoms with Crippen molar-refractivity contribution >= 4 is 29.1 Å². The number of nitrogens with one attached hydrogen (secondary N) is 1. The quantitative estimate of drug-likeness (QED) is 0.894. The van der Waals surface area contributed by atoms with Crippen molar-refractivity contribution in [1.82, 2.24) is 9.80 Å². The predicted molar refractivity (Wildman–Crippen MR) is 99.7 cm³/mol. The van der Waals surface area contributed by atoms with Gasteiger partial charge in [-0.3, -0.25) is 14.5 Å². The van der Waals surface area contributed by atoms with E-state index < -0.39 is 0 Å². The minimum atomic E-state index is -0.0612. The molecule has 2 aliphatic heterocycles. The van der Waals surface area contributed by atoms with Crippen LogP contribution in [-0.2, 0) is 9.59 Å². The lowest BCUT2D eigenvalue weighted by Crippen LogP contribution is -2.45. The van der Waals surface area contributed by atoms with Crippen molar-refractivity contribution in [2.24, 2.45) is 5.92 Å². The first-order valence-electron chi connectivity index (χ1n) is 9.19. The van der Waals surface area contributed by atoms with Gasteiger partial charge in [0.25, 0.3) is 0 Å². The minimum absolute atomic E-state index is 0.0612. The van der Waals surface area contributed by atoms with Crippen LogP contribution < -0.4 is 5.32 Å². The van der Waals surface area contributed by atoms with Gasteiger partial charge < -0.3 is 10.2 Å². The maximum absolute atomic E-state index is 12.6. The van der Waals surface area contributed by atoms with E-state index in [1.807, 2.05) is 17.0 Å². The largest absolute Gasteiger partial charge is 0.342 e. The van der Waals surface area contributed by atoms with Crippen molar-refractivity contribution in [3.63, 3.8) is 0 Å². The summed E-state index contributed by atoms with van der Waals surface area (Å²) in [7, 11) is 0. The van der Waals surface area contributed by atoms with Gasteiger partial charge in [-0.25, -0.2) is 0 Å². The average molecular weight is 364 g/mol. The van der Waals surface area contributed by atoms with Crippen LogP contribution in [-0.4, -0.2) is 54.3 Å². The summed E-state index contributed by atoms with van der Waals surface area (Å²) >= 11 is 6.07. The number of carbonyl (C=O) groups excluding carboxylic acids is 2. The third-order valence-electron chi connectivity index (χ3n) is 5.12. The van der Waals surface area contributed by atoms with Crippen LogP contribution in [0.2, 0.25) is 5.02 Å². The summed E-state index contributed by atoms with van der Waals surface area (Å²) in [5.74, 6) is 0.384. The van der Waals surface area contributed by atoms with Crippen molar-refractivity contribution in [1.29, 1.82) is 0 Å². The highest BCUT2D eigenvalue weighted by molar-refractivity contribution is 6.33. The Kier molecular flexibility index (Phi) is 6.32. The molecule has 0 radical (unpaired) electrons. The Labute approximate surface area is 154 Å². The SMILES string of the molecule is O=C(CN1CCC(C(=O)N2CCCCC2)CC1)Nc1ccccc1Cl. The number of likely N-dealkylation sites (tertiary alicyclic amines) is 2. The topological polar surface area (TPSA) is 52.7 Å². The van der Waals surface area contributed by atoms with Crippen LogP contribution in [0.5, 0.6) is 0 Å². The number of piperidine rings is 2. The van der Waals surface area contributed by atoms with Crippen molar-refractivity contribution < 1.29 is 9.59 Å². The number of rotatable bonds is 4. The number of benzene rings is 1. The molecule has 25 heavy (non-hydrogen) atoms. The Morgan fingerprint density at radius 2 is 1.72 bits per heavy atom. The number of amides is 2. The fourth-order valence-electron chi connectivity index (χ4n) is 3.67. The van der Waals surface area contributed by atoms with Crippen molar-refractivity contribution in [2.45, 2.75) is 32.1 Å². The average Bonchev–Trinajstić information content (AvgIpc) is 2.64. The van der Waals surface area contributed by atoms with E-state index in [9.17, 15) is 9.59 Å². The summed E-state index contributed by atoms with van der Waals surface area (Å²) < 4.78 is 0. The molecule has 2 saturated heterocycles. The molecule has 5 nitrogen and oxygen atoms in total. The van der Waals surface area contributed by atoms with E-state index in [4.69, 9.17) is 11.6 Å². The summed E-state index contributed by atoms with van der Waals surface area (Å²) in [6.45, 7) is 3.76. The molecule has 2 aliphatic rings. The van der Waals surface area contributed by atoms with Crippen LogP contribution in [0.3, 0.4) is 0 Å². The maximum atomic E-state index is 12.6. The lowest BCUT2D eigenvalue weighted by molar-refractivity contribution is -0.138. The van der Waals surface area contributed by atoms with Crippen LogP contribution >= 0.6 is 11.6 Å². The number of hydrogen-bond acceptors (Lipinski definition) is 3. The third-order valence-corrected chi connectivity index (χ3v) is 5.45. The zero-order valence-electron chi connectivity index (χ0n) is 14.5. The molecular weight excluding hydrogens is 338 g/mol. The minimum Gasteiger partial charge on any atom is -0.342 e. The van der Waals surface area contributed by atoms with Crippen LogP contribution in [0.15, 0.2) is 24.3 Å². The highest BCUT2D eigenvalue weighted by Crippen LogP contribution is 2.23. The summed E-state index contributed by atoms with van der Waals surface area (Å²) in [6, 6.07) is 7.24. The van der Waals surface area contributed by atoms with Crippen LogP contribution in [0, 0.1) is 5.92 Å². The van der Waals surface area contributed by atoms with Gasteiger partial charge in [-0.05, 0) is 57.3 Å². The second-order valence-electron chi connectivity index (χ2n) is 6.96. The van der Waals surface area contributed by atoms with Crippen molar-refractivity contribution in [3.8, 4) is 0 Å². The van der Waals surface area contributed by atoms with E-state index in [0.29, 0.717) is 23.2 Å². The van der Waals surface area contributed by atoms with Gasteiger partial charge in [0.1, 0.15) is 0 Å². The van der Waals surface area contributed by atoms with Gasteiger partial charge >= 0.3 is 0 Å². The van der Waals surface area contributed by atoms with Crippen LogP contribution in [0.25, 0.3) is 0 Å². The summed E-state index contributed by atoms with van der Waals surface area (Å²) in [4.78, 5) is 28.9. The standard InChI is InChI=1S/C19H26ClN3O2/c20-16-6-2-3-7-17(16)21-18(24)14-22-12-8-15(9-13-22)19(25)23-10-4-1-5-11-23/h2-3,6-7,15H,1,4-5,8-14H2,(H,21,24). The number of anilines is 1. The molecule has 1 N–H and O–H groups in total. The van der Waals surface area contributed by atoms with E-state index in [1.165, 1.54) is 6.42 Å². The predicted octanol–water partition coefficient (Wildman–Crippen LogP) is 3.00. The highest BCUT2D eigenvalue weighted by atomic mass is 35.5. The molecule has 0 spiro atoms. The van der Waals surface area contributed by atoms with Crippen LogP contribution in [0.1, 0.15) is 32.1 Å². The van der Waals surface area contributed by atoms with Gasteiger partial charge in [0, 0.05) is 19.0 Å². The summed E-state index contributed by atoms with van der Waals surface area (Å²) in [6.07, 6.45) is 5.19. The number of halogens is 1. The van der Waals surface area contributed by atoms with E-state index in [0.717, 1.165) is 51.9 Å². The molecule has 0 saturated carbocycles. The first kappa shape index (κ1) is 18.2. The zero-order chi connectivity index (χ0) is 17.6. The maximum Gasteiger partial charge on any atom is 0.238 e. The molecule has 1 aromatic carbocycles. The van der Waals surface area contributed by atoms with Gasteiger partial charge in [-0.2, -0.15) is 0 Å². The van der Waals surface area contributed by atoms with Gasteiger partial charge in [0.2, 0.25) is 11.8 Å². The van der Waals surface area contributed by atoms with Gasteiger partial charge in [0.05, 0.1) is 17.3 Å². The number of para-hydroxylation sites is 1. The molecule has 3 rings (SSSR count). The molecule has 2 amide bonds. The van der Waals surface area contributed by atoms with E-state index >= 15 is 0 Å². The van der Waals surface area contributed by atoms with E-state index in [1.54, 1.807) is 12.1 Å². The molecule has 6 heteroatoms. The fraction of sp³-hybridized carbons (Fsp3) is 0.579. The molecule has 0 unspecified atom stereocenters. The normalized spacial score (nSPS) is 19.6. The van der Waals surface area contributed by atoms with Crippen LogP contribution in [0.4, 0.5) is 5.69 Å². The highest BCUT2D eigenvalue weighted by Gasteiger charge is 2.29. The molecule has 2 fully saturated rings. The van der Waals surface area contributed by atoms with Gasteiger partial charge in [0.15, 0.2) is 0 Å². The summed E-state index contributed by atoms with van der Waals surface area (Å²) in [5, 5.41) is 3.40. The van der Waals surface area contributed by atoms with E-state index in [-0.39, 0.29) is 11.8 Å². The lowest BCUT2D eigenvalue weighted by atomic mass is 9.94. The first-order chi connectivity index (χ1) is 12.1. The molecule has 2 heterocycles. The zero-order valence-corrected chi connectivity index (χ0v) is 15.3. The van der Waals surface area contributed by atoms with Crippen molar-refractivity contribution in [3.05, 3.63) is 29.3 Å². The Morgan fingerprint density at radius 1 is 1.04 bits per heavy atom. The molecule has 0 atom stereocenters. The second-order valence-corrected chi connectivity index (χ2v) is 7.37. The Hall–Kier alpha value is -1.59. The van der Waals surface area contributed by atoms with Gasteiger partial charge in [-0.15, -0.1) is 0 Å². The third kappa shape index (κ3) is 4.95. The molecule has 0 aliphatic carbocycles. The number of hydrogen-bond donors (Lipinski definition) is 1. The Balaban J connectivity index is 1.43. The first-order valence-corrected chi connectivity index (χ1v) is 9.57. The number of nitrogens with zero attached hydrogens (tertiary/aromatic N) is 2. The fourth-order valence-corrected chi connectivity index (χ4v) is 3.85. The monoisotopic (exact) mass is 363 g/mol. The molecule has 0 bridgehead atoms. The van der Waals surface area contributed by atoms with E-state index in [2.05, 4.69) is 10.2 Å². The summed E-state index contributed by atoms with van der Waals surface area (Å²) in [5.41, 5.74) is 0.643. The Bertz CT molecular complexity index is 608. The molecule has 136 valence electrons. The molecular formula is C19H26ClN3O2. The molecule has 1 aromatic rings. The van der Waals surface area contributed by atoms with Crippen molar-refractivity contribution in [2.75, 3.05) is 38.0 Å². The second kappa shape index (κ2) is 8.68. The molecule has 0 aromatic heterocycles.